The van der Waals surface area contributed by atoms with Gasteiger partial charge in [0.1, 0.15) is 0 Å². The van der Waals surface area contributed by atoms with Crippen LogP contribution in [0.4, 0.5) is 0 Å². The van der Waals surface area contributed by atoms with Gasteiger partial charge in [-0.1, -0.05) is 0 Å². The zero-order valence-corrected chi connectivity index (χ0v) is 5.89. The minimum absolute atomic E-state index is 1.11. The summed E-state index contributed by atoms with van der Waals surface area (Å²) in [6.07, 6.45) is 3.74. The Bertz CT molecular complexity index is 198. The predicted molar refractivity (Wildman–Crippen MR) is 38.4 cm³/mol. The maximum absolute atomic E-state index is 3.99. The van der Waals surface area contributed by atoms with Crippen LogP contribution in [-0.2, 0) is 5.09 Å². The molecule has 1 heterocycles. The monoisotopic (exact) mass is 113 g/mol. The molecule has 0 aliphatic rings. The molecule has 0 saturated carbocycles. The van der Waals surface area contributed by atoms with Gasteiger partial charge in [-0.25, -0.2) is 0 Å². The molecule has 9 heavy (non-hydrogen) atoms. The maximum atomic E-state index is 3.99. The molecule has 0 aliphatic carbocycles. The van der Waals surface area contributed by atoms with Gasteiger partial charge < -0.3 is 0 Å². The Morgan fingerprint density at radius 3 is 2.89 bits per heavy atom. The summed E-state index contributed by atoms with van der Waals surface area (Å²) in [6, 6.07) is 2.06. The summed E-state index contributed by atoms with van der Waals surface area (Å²) >= 11 is 2.16. The Balaban J connectivity index is 3.01. The van der Waals surface area contributed by atoms with E-state index in [4.69, 9.17) is 0 Å². The molecule has 0 aromatic carbocycles. The molecular weight excluding hydrogens is 105 g/mol. The van der Waals surface area contributed by atoms with Crippen molar-refractivity contribution in [3.8, 4) is 0 Å². The Morgan fingerprint density at radius 2 is 2.44 bits per heavy atom. The summed E-state index contributed by atoms with van der Waals surface area (Å²) in [5.41, 5.74) is 2.69. The van der Waals surface area contributed by atoms with E-state index in [1.165, 1.54) is 11.1 Å². The Kier molecular flexibility index (Phi) is 2.33. The van der Waals surface area contributed by atoms with Gasteiger partial charge in [0, 0.05) is 0 Å². The summed E-state index contributed by atoms with van der Waals surface area (Å²) in [5, 5.41) is 1.11. The quantitative estimate of drug-likeness (QED) is 0.496. The van der Waals surface area contributed by atoms with Crippen molar-refractivity contribution in [2.24, 2.45) is 0 Å². The topological polar surface area (TPSA) is 12.9 Å². The molecule has 0 radical (unpaired) electrons. The Morgan fingerprint density at radius 1 is 1.67 bits per heavy atom. The van der Waals surface area contributed by atoms with E-state index < -0.39 is 0 Å². The molecule has 0 N–H and O–H groups in total. The fourth-order valence-corrected chi connectivity index (χ4v) is 0.899. The average Bonchev–Trinajstić information content (AvgIpc) is 1.89. The molecule has 0 saturated heterocycles. The predicted octanol–water partition coefficient (Wildman–Crippen LogP) is 1.06. The van der Waals surface area contributed by atoms with E-state index in [1.807, 2.05) is 12.4 Å². The van der Waals surface area contributed by atoms with E-state index in [-0.39, 0.29) is 0 Å². The van der Waals surface area contributed by atoms with Crippen molar-refractivity contribution < 1.29 is 0 Å². The molecule has 0 atom stereocenters. The van der Waals surface area contributed by atoms with Crippen LogP contribution in [0, 0.1) is 6.92 Å². The second-order valence-electron chi connectivity index (χ2n) is 2.16. The number of hydrogen-bond donors (Lipinski definition) is 0. The van der Waals surface area contributed by atoms with Crippen molar-refractivity contribution in [3.63, 3.8) is 0 Å². The summed E-state index contributed by atoms with van der Waals surface area (Å²) in [4.78, 5) is 3.99. The standard InChI is InChI=1S/C7H8N.Li/c1-6-3-4-8-5-7(6)2;/h3-5H,1H2,2H3;. The SMILES string of the molecule is [Li][CH2]c1ccncc1C. The fourth-order valence-electron chi connectivity index (χ4n) is 0.899. The normalized spacial score (nSPS) is 9.67. The van der Waals surface area contributed by atoms with Crippen LogP contribution >= 0.6 is 0 Å². The van der Waals surface area contributed by atoms with Crippen LogP contribution in [0.2, 0.25) is 0 Å². The van der Waals surface area contributed by atoms with Crippen molar-refractivity contribution in [1.82, 2.24) is 4.98 Å². The zero-order chi connectivity index (χ0) is 6.69. The molecule has 1 aromatic rings. The summed E-state index contributed by atoms with van der Waals surface area (Å²) < 4.78 is 0. The van der Waals surface area contributed by atoms with Crippen LogP contribution in [0.25, 0.3) is 0 Å². The van der Waals surface area contributed by atoms with Gasteiger partial charge >= 0.3 is 64.3 Å². The molecule has 2 heteroatoms. The molecule has 0 bridgehead atoms. The fraction of sp³-hybridized carbons (Fsp3) is 0.286. The first-order valence-corrected chi connectivity index (χ1v) is 3.24. The molecule has 1 aromatic heterocycles. The molecule has 42 valence electrons. The van der Waals surface area contributed by atoms with E-state index in [0.717, 1.165) is 5.09 Å². The molecule has 0 amide bonds. The number of aromatic nitrogens is 1. The van der Waals surface area contributed by atoms with Crippen molar-refractivity contribution in [3.05, 3.63) is 29.6 Å². The van der Waals surface area contributed by atoms with Crippen LogP contribution in [0.1, 0.15) is 11.1 Å². The van der Waals surface area contributed by atoms with Gasteiger partial charge in [0.15, 0.2) is 0 Å². The third-order valence-electron chi connectivity index (χ3n) is 1.52. The van der Waals surface area contributed by atoms with Crippen LogP contribution in [-0.4, -0.2) is 22.7 Å². The van der Waals surface area contributed by atoms with Gasteiger partial charge in [0.05, 0.1) is 0 Å². The molecule has 1 nitrogen and oxygen atoms in total. The number of hydrogen-bond acceptors (Lipinski definition) is 1. The van der Waals surface area contributed by atoms with Gasteiger partial charge in [-0.05, 0) is 0 Å². The number of rotatable bonds is 1. The summed E-state index contributed by atoms with van der Waals surface area (Å²) in [7, 11) is 0. The third-order valence-corrected chi connectivity index (χ3v) is 1.52. The van der Waals surface area contributed by atoms with Gasteiger partial charge in [-0.15, -0.1) is 0 Å². The molecule has 0 unspecified atom stereocenters. The second kappa shape index (κ2) is 3.05. The van der Waals surface area contributed by atoms with Crippen LogP contribution < -0.4 is 0 Å². The summed E-state index contributed by atoms with van der Waals surface area (Å²) in [6.45, 7) is 2.09. The molecule has 0 aliphatic heterocycles. The molecule has 1 rings (SSSR count). The Labute approximate surface area is 64.7 Å². The molecule has 0 fully saturated rings. The van der Waals surface area contributed by atoms with Crippen LogP contribution in [0.15, 0.2) is 18.5 Å². The third kappa shape index (κ3) is 1.57. The minimum atomic E-state index is 1.11. The van der Waals surface area contributed by atoms with Gasteiger partial charge in [0.2, 0.25) is 0 Å². The first-order valence-electron chi connectivity index (χ1n) is 3.24. The van der Waals surface area contributed by atoms with E-state index in [1.54, 1.807) is 0 Å². The number of nitrogens with zero attached hydrogens (tertiary/aromatic N) is 1. The van der Waals surface area contributed by atoms with E-state index in [0.29, 0.717) is 0 Å². The van der Waals surface area contributed by atoms with Gasteiger partial charge in [0.25, 0.3) is 0 Å². The van der Waals surface area contributed by atoms with Crippen molar-refractivity contribution in [1.29, 1.82) is 0 Å². The second-order valence-corrected chi connectivity index (χ2v) is 2.16. The van der Waals surface area contributed by atoms with Crippen molar-refractivity contribution >= 4 is 17.7 Å². The Hall–Kier alpha value is -0.253. The van der Waals surface area contributed by atoms with Crippen LogP contribution in [0.5, 0.6) is 0 Å². The van der Waals surface area contributed by atoms with E-state index in [9.17, 15) is 0 Å². The molecular formula is C7H8LiN. The number of pyridine rings is 1. The summed E-state index contributed by atoms with van der Waals surface area (Å²) in [5.74, 6) is 0. The first-order chi connectivity index (χ1) is 4.34. The van der Waals surface area contributed by atoms with Gasteiger partial charge in [-0.3, -0.25) is 0 Å². The van der Waals surface area contributed by atoms with Crippen LogP contribution in [0.3, 0.4) is 0 Å². The van der Waals surface area contributed by atoms with E-state index >= 15 is 0 Å². The average molecular weight is 113 g/mol. The zero-order valence-electron chi connectivity index (χ0n) is 5.89. The van der Waals surface area contributed by atoms with Gasteiger partial charge in [-0.2, -0.15) is 0 Å². The van der Waals surface area contributed by atoms with Crippen molar-refractivity contribution in [2.45, 2.75) is 12.0 Å². The van der Waals surface area contributed by atoms with Crippen molar-refractivity contribution in [2.75, 3.05) is 0 Å². The van der Waals surface area contributed by atoms with E-state index in [2.05, 4.69) is 35.7 Å². The molecule has 0 spiro atoms. The number of aryl methyl sites for hydroxylation is 1. The first kappa shape index (κ1) is 6.86.